The van der Waals surface area contributed by atoms with Gasteiger partial charge in [0.05, 0.1) is 18.2 Å². The summed E-state index contributed by atoms with van der Waals surface area (Å²) < 4.78 is 7.07. The summed E-state index contributed by atoms with van der Waals surface area (Å²) in [5.41, 5.74) is 5.29. The summed E-state index contributed by atoms with van der Waals surface area (Å²) in [6.07, 6.45) is 3.75. The first-order chi connectivity index (χ1) is 11.5. The molecule has 0 unspecified atom stereocenters. The Morgan fingerprint density at radius 2 is 1.88 bits per heavy atom. The molecular weight excluding hydrogens is 300 g/mol. The van der Waals surface area contributed by atoms with Crippen molar-refractivity contribution in [1.82, 2.24) is 9.55 Å². The van der Waals surface area contributed by atoms with Gasteiger partial charge in [-0.3, -0.25) is 4.98 Å². The predicted octanol–water partition coefficient (Wildman–Crippen LogP) is 4.28. The summed E-state index contributed by atoms with van der Waals surface area (Å²) in [4.78, 5) is 16.2. The van der Waals surface area contributed by atoms with Crippen LogP contribution < -0.4 is 0 Å². The molecule has 0 radical (unpaired) electrons. The van der Waals surface area contributed by atoms with Crippen molar-refractivity contribution in [3.05, 3.63) is 53.3 Å². The minimum atomic E-state index is -0.314. The number of fused-ring (bicyclic) bond motifs is 4. The maximum Gasteiger partial charge on any atom is 0.337 e. The molecule has 2 aromatic heterocycles. The van der Waals surface area contributed by atoms with Crippen molar-refractivity contribution in [2.75, 3.05) is 7.11 Å². The van der Waals surface area contributed by atoms with Crippen molar-refractivity contribution < 1.29 is 9.53 Å². The Bertz CT molecular complexity index is 1140. The van der Waals surface area contributed by atoms with Gasteiger partial charge in [-0.1, -0.05) is 0 Å². The summed E-state index contributed by atoms with van der Waals surface area (Å²) in [7, 11) is 3.48. The first-order valence-electron chi connectivity index (χ1n) is 7.88. The molecule has 4 heteroatoms. The Morgan fingerprint density at radius 1 is 1.08 bits per heavy atom. The third kappa shape index (κ3) is 1.80. The SMILES string of the molecule is COC(=O)c1ccc2c(c1)c1c(C)c3cnccc3c(C)c1n2C. The zero-order chi connectivity index (χ0) is 17.0. The van der Waals surface area contributed by atoms with E-state index >= 15 is 0 Å². The third-order valence-corrected chi connectivity index (χ3v) is 4.98. The number of nitrogens with zero attached hydrogens (tertiary/aromatic N) is 2. The monoisotopic (exact) mass is 318 g/mol. The second-order valence-electron chi connectivity index (χ2n) is 6.18. The van der Waals surface area contributed by atoms with Gasteiger partial charge in [-0.2, -0.15) is 0 Å². The van der Waals surface area contributed by atoms with Crippen LogP contribution in [0.2, 0.25) is 0 Å². The number of rotatable bonds is 1. The number of hydrogen-bond donors (Lipinski definition) is 0. The fraction of sp³-hybridized carbons (Fsp3) is 0.200. The number of benzene rings is 2. The molecular formula is C20H18N2O2. The molecule has 24 heavy (non-hydrogen) atoms. The van der Waals surface area contributed by atoms with Gasteiger partial charge >= 0.3 is 5.97 Å². The van der Waals surface area contributed by atoms with Gasteiger partial charge in [0.15, 0.2) is 0 Å². The van der Waals surface area contributed by atoms with Crippen molar-refractivity contribution in [3.63, 3.8) is 0 Å². The van der Waals surface area contributed by atoms with Crippen molar-refractivity contribution in [1.29, 1.82) is 0 Å². The zero-order valence-electron chi connectivity index (χ0n) is 14.2. The largest absolute Gasteiger partial charge is 0.465 e. The first kappa shape index (κ1) is 14.7. The topological polar surface area (TPSA) is 44.1 Å². The maximum atomic E-state index is 11.9. The molecule has 0 aliphatic rings. The molecule has 0 saturated carbocycles. The molecule has 0 saturated heterocycles. The lowest BCUT2D eigenvalue weighted by molar-refractivity contribution is 0.0601. The molecule has 0 fully saturated rings. The Balaban J connectivity index is 2.26. The maximum absolute atomic E-state index is 11.9. The van der Waals surface area contributed by atoms with Crippen molar-refractivity contribution in [2.45, 2.75) is 13.8 Å². The van der Waals surface area contributed by atoms with Gasteiger partial charge in [0, 0.05) is 41.1 Å². The van der Waals surface area contributed by atoms with Gasteiger partial charge < -0.3 is 9.30 Å². The Morgan fingerprint density at radius 3 is 2.62 bits per heavy atom. The van der Waals surface area contributed by atoms with E-state index in [0.29, 0.717) is 5.56 Å². The van der Waals surface area contributed by atoms with Gasteiger partial charge in [-0.15, -0.1) is 0 Å². The van der Waals surface area contributed by atoms with E-state index in [-0.39, 0.29) is 5.97 Å². The van der Waals surface area contributed by atoms with Crippen molar-refractivity contribution in [2.24, 2.45) is 7.05 Å². The van der Waals surface area contributed by atoms with E-state index in [1.54, 1.807) is 0 Å². The second kappa shape index (κ2) is 5.06. The lowest BCUT2D eigenvalue weighted by Crippen LogP contribution is -2.00. The predicted molar refractivity (Wildman–Crippen MR) is 96.5 cm³/mol. The first-order valence-corrected chi connectivity index (χ1v) is 7.88. The van der Waals surface area contributed by atoms with Crippen LogP contribution in [0.1, 0.15) is 21.5 Å². The standard InChI is InChI=1S/C20H18N2O2/c1-11-16-10-21-8-7-14(16)12(2)19-18(11)15-9-13(20(23)24-4)5-6-17(15)22(19)3/h5-10H,1-4H3. The average Bonchev–Trinajstić information content (AvgIpc) is 2.91. The lowest BCUT2D eigenvalue weighted by atomic mass is 9.96. The molecule has 4 aromatic rings. The number of methoxy groups -OCH3 is 1. The number of esters is 1. The minimum Gasteiger partial charge on any atom is -0.465 e. The third-order valence-electron chi connectivity index (χ3n) is 4.98. The van der Waals surface area contributed by atoms with Crippen molar-refractivity contribution in [3.8, 4) is 0 Å². The van der Waals surface area contributed by atoms with Crippen LogP contribution in [0.25, 0.3) is 32.6 Å². The Kier molecular flexibility index (Phi) is 3.10. The van der Waals surface area contributed by atoms with E-state index in [1.807, 2.05) is 30.6 Å². The molecule has 4 rings (SSSR count). The van der Waals surface area contributed by atoms with Gasteiger partial charge in [0.25, 0.3) is 0 Å². The number of hydrogen-bond acceptors (Lipinski definition) is 3. The summed E-state index contributed by atoms with van der Waals surface area (Å²) in [5, 5.41) is 4.62. The van der Waals surface area contributed by atoms with Crippen LogP contribution in [-0.4, -0.2) is 22.6 Å². The highest BCUT2D eigenvalue weighted by Gasteiger charge is 2.18. The normalized spacial score (nSPS) is 11.5. The molecule has 0 aliphatic heterocycles. The van der Waals surface area contributed by atoms with Crippen LogP contribution in [0.15, 0.2) is 36.7 Å². The molecule has 0 N–H and O–H groups in total. The molecule has 0 amide bonds. The quantitative estimate of drug-likeness (QED) is 0.492. The minimum absolute atomic E-state index is 0.314. The van der Waals surface area contributed by atoms with Gasteiger partial charge in [0.2, 0.25) is 0 Å². The van der Waals surface area contributed by atoms with Gasteiger partial charge in [-0.05, 0) is 54.6 Å². The highest BCUT2D eigenvalue weighted by molar-refractivity contribution is 6.17. The highest BCUT2D eigenvalue weighted by Crippen LogP contribution is 2.38. The van der Waals surface area contributed by atoms with E-state index in [0.717, 1.165) is 16.3 Å². The van der Waals surface area contributed by atoms with Crippen LogP contribution in [0.5, 0.6) is 0 Å². The van der Waals surface area contributed by atoms with Crippen LogP contribution >= 0.6 is 0 Å². The van der Waals surface area contributed by atoms with Crippen LogP contribution in [0.4, 0.5) is 0 Å². The van der Waals surface area contributed by atoms with E-state index < -0.39 is 0 Å². The second-order valence-corrected chi connectivity index (χ2v) is 6.18. The molecule has 4 nitrogen and oxygen atoms in total. The number of carbonyl (C=O) groups excluding carboxylic acids is 1. The summed E-state index contributed by atoms with van der Waals surface area (Å²) in [6.45, 7) is 4.26. The Hall–Kier alpha value is -2.88. The summed E-state index contributed by atoms with van der Waals surface area (Å²) in [5.74, 6) is -0.314. The molecule has 0 bridgehead atoms. The molecule has 2 aromatic carbocycles. The molecule has 2 heterocycles. The van der Waals surface area contributed by atoms with E-state index in [1.165, 1.54) is 34.5 Å². The lowest BCUT2D eigenvalue weighted by Gasteiger charge is -2.10. The number of carbonyl (C=O) groups is 1. The fourth-order valence-corrected chi connectivity index (χ4v) is 3.79. The highest BCUT2D eigenvalue weighted by atomic mass is 16.5. The number of aromatic nitrogens is 2. The number of ether oxygens (including phenoxy) is 1. The molecule has 0 spiro atoms. The van der Waals surface area contributed by atoms with E-state index in [4.69, 9.17) is 4.74 Å². The smallest absolute Gasteiger partial charge is 0.337 e. The van der Waals surface area contributed by atoms with Crippen LogP contribution in [0.3, 0.4) is 0 Å². The van der Waals surface area contributed by atoms with Crippen LogP contribution in [0, 0.1) is 13.8 Å². The average molecular weight is 318 g/mol. The number of pyridine rings is 1. The zero-order valence-corrected chi connectivity index (χ0v) is 14.2. The molecule has 0 atom stereocenters. The summed E-state index contributed by atoms with van der Waals surface area (Å²) >= 11 is 0. The Labute approximate surface area is 139 Å². The summed E-state index contributed by atoms with van der Waals surface area (Å²) in [6, 6.07) is 7.80. The molecule has 120 valence electrons. The number of aryl methyl sites for hydroxylation is 3. The van der Waals surface area contributed by atoms with E-state index in [2.05, 4.69) is 36.5 Å². The van der Waals surface area contributed by atoms with E-state index in [9.17, 15) is 4.79 Å². The van der Waals surface area contributed by atoms with Gasteiger partial charge in [0.1, 0.15) is 0 Å². The van der Waals surface area contributed by atoms with Crippen LogP contribution in [-0.2, 0) is 11.8 Å². The van der Waals surface area contributed by atoms with Gasteiger partial charge in [-0.25, -0.2) is 4.79 Å². The molecule has 0 aliphatic carbocycles. The van der Waals surface area contributed by atoms with Crippen molar-refractivity contribution >= 4 is 38.5 Å². The fourth-order valence-electron chi connectivity index (χ4n) is 3.79.